The molecule has 0 saturated carbocycles. The first-order valence-electron chi connectivity index (χ1n) is 6.21. The van der Waals surface area contributed by atoms with Crippen molar-refractivity contribution in [2.24, 2.45) is 23.7 Å². The molecule has 1 radical (unpaired) electrons. The lowest BCUT2D eigenvalue weighted by molar-refractivity contribution is 0.231. The second-order valence-electron chi connectivity index (χ2n) is 5.63. The molecule has 0 spiro atoms. The van der Waals surface area contributed by atoms with Crippen molar-refractivity contribution >= 4 is 0 Å². The van der Waals surface area contributed by atoms with Crippen LogP contribution in [0.1, 0.15) is 41.5 Å². The standard InChI is InChI=1S/C15H23/c1-8-7-9(2)15-13(6)11(4)10(3)12(5)14(8)15/h7,10-13H,1-6H3. The van der Waals surface area contributed by atoms with Gasteiger partial charge in [-0.3, -0.25) is 0 Å². The molecule has 0 heteroatoms. The maximum atomic E-state index is 2.41. The molecule has 0 fully saturated rings. The molecule has 0 aromatic heterocycles. The van der Waals surface area contributed by atoms with E-state index in [-0.39, 0.29) is 0 Å². The van der Waals surface area contributed by atoms with Crippen molar-refractivity contribution in [2.45, 2.75) is 41.5 Å². The predicted octanol–water partition coefficient (Wildman–Crippen LogP) is 4.40. The highest BCUT2D eigenvalue weighted by Crippen LogP contribution is 2.51. The van der Waals surface area contributed by atoms with Gasteiger partial charge in [-0.15, -0.1) is 0 Å². The minimum Gasteiger partial charge on any atom is -0.0701 e. The zero-order chi connectivity index (χ0) is 11.3. The summed E-state index contributed by atoms with van der Waals surface area (Å²) in [6.07, 6.45) is 2.38. The Bertz CT molecular complexity index is 332. The highest BCUT2D eigenvalue weighted by atomic mass is 14.4. The third-order valence-corrected chi connectivity index (χ3v) is 4.89. The molecule has 2 rings (SSSR count). The van der Waals surface area contributed by atoms with Crippen LogP contribution in [-0.4, -0.2) is 0 Å². The largest absolute Gasteiger partial charge is 0.0701 e. The number of hydrogen-bond donors (Lipinski definition) is 0. The lowest BCUT2D eigenvalue weighted by Crippen LogP contribution is -2.31. The molecule has 0 heterocycles. The molecule has 0 aromatic rings. The van der Waals surface area contributed by atoms with Gasteiger partial charge in [0.1, 0.15) is 0 Å². The average Bonchev–Trinajstić information content (AvgIpc) is 2.47. The third-order valence-electron chi connectivity index (χ3n) is 4.89. The highest BCUT2D eigenvalue weighted by Gasteiger charge is 2.39. The van der Waals surface area contributed by atoms with Crippen molar-refractivity contribution in [1.29, 1.82) is 0 Å². The van der Waals surface area contributed by atoms with Crippen molar-refractivity contribution in [1.82, 2.24) is 0 Å². The Morgan fingerprint density at radius 2 is 1.27 bits per heavy atom. The van der Waals surface area contributed by atoms with Crippen molar-refractivity contribution in [3.05, 3.63) is 28.7 Å². The Balaban J connectivity index is 2.49. The van der Waals surface area contributed by atoms with Crippen molar-refractivity contribution in [3.8, 4) is 0 Å². The third kappa shape index (κ3) is 1.41. The maximum absolute atomic E-state index is 2.41. The summed E-state index contributed by atoms with van der Waals surface area (Å²) in [6, 6.07) is 0. The summed E-state index contributed by atoms with van der Waals surface area (Å²) in [6.45, 7) is 14.2. The Kier molecular flexibility index (Phi) is 2.56. The van der Waals surface area contributed by atoms with Gasteiger partial charge < -0.3 is 0 Å². The summed E-state index contributed by atoms with van der Waals surface area (Å²) in [5, 5.41) is 0. The molecule has 0 N–H and O–H groups in total. The molecule has 0 amide bonds. The van der Waals surface area contributed by atoms with Gasteiger partial charge >= 0.3 is 0 Å². The molecule has 0 saturated heterocycles. The van der Waals surface area contributed by atoms with Gasteiger partial charge in [-0.25, -0.2) is 0 Å². The molecule has 4 atom stereocenters. The number of rotatable bonds is 0. The summed E-state index contributed by atoms with van der Waals surface area (Å²) >= 11 is 0. The fourth-order valence-corrected chi connectivity index (χ4v) is 3.55. The van der Waals surface area contributed by atoms with E-state index in [1.165, 1.54) is 11.5 Å². The van der Waals surface area contributed by atoms with Gasteiger partial charge in [-0.1, -0.05) is 51.8 Å². The minimum absolute atomic E-state index is 0.736. The topological polar surface area (TPSA) is 0 Å². The SMILES string of the molecule is C[C]1C=C(C)C2=C1C(C)C(C)C(C)C2C. The molecule has 0 aliphatic heterocycles. The predicted molar refractivity (Wildman–Crippen MR) is 66.4 cm³/mol. The van der Waals surface area contributed by atoms with E-state index in [9.17, 15) is 0 Å². The highest BCUT2D eigenvalue weighted by molar-refractivity contribution is 5.56. The van der Waals surface area contributed by atoms with E-state index in [1.54, 1.807) is 11.1 Å². The van der Waals surface area contributed by atoms with Crippen LogP contribution in [0, 0.1) is 29.6 Å². The summed E-state index contributed by atoms with van der Waals surface area (Å²) in [5.41, 5.74) is 4.83. The Morgan fingerprint density at radius 3 is 1.80 bits per heavy atom. The van der Waals surface area contributed by atoms with Crippen LogP contribution in [0.5, 0.6) is 0 Å². The number of hydrogen-bond acceptors (Lipinski definition) is 0. The van der Waals surface area contributed by atoms with Crippen molar-refractivity contribution in [2.75, 3.05) is 0 Å². The first kappa shape index (κ1) is 11.0. The fraction of sp³-hybridized carbons (Fsp3) is 0.667. The minimum atomic E-state index is 0.736. The van der Waals surface area contributed by atoms with Gasteiger partial charge in [0, 0.05) is 5.92 Å². The smallest absolute Gasteiger partial charge is 0.0203 e. The molecule has 15 heavy (non-hydrogen) atoms. The van der Waals surface area contributed by atoms with E-state index >= 15 is 0 Å². The van der Waals surface area contributed by atoms with Crippen LogP contribution >= 0.6 is 0 Å². The monoisotopic (exact) mass is 203 g/mol. The Hall–Kier alpha value is -0.520. The normalized spacial score (nSPS) is 41.9. The van der Waals surface area contributed by atoms with Crippen LogP contribution in [0.2, 0.25) is 0 Å². The molecule has 2 aliphatic carbocycles. The molecule has 0 bridgehead atoms. The van der Waals surface area contributed by atoms with E-state index in [0.29, 0.717) is 0 Å². The maximum Gasteiger partial charge on any atom is 0.0203 e. The van der Waals surface area contributed by atoms with Crippen molar-refractivity contribution in [3.63, 3.8) is 0 Å². The molecule has 2 aliphatic rings. The quantitative estimate of drug-likeness (QED) is 0.547. The summed E-state index contributed by atoms with van der Waals surface area (Å²) in [5.74, 6) is 4.61. The molecular formula is C15H23. The van der Waals surface area contributed by atoms with E-state index < -0.39 is 0 Å². The molecule has 0 aromatic carbocycles. The van der Waals surface area contributed by atoms with Crippen LogP contribution < -0.4 is 0 Å². The molecular weight excluding hydrogens is 180 g/mol. The lowest BCUT2D eigenvalue weighted by atomic mass is 9.65. The zero-order valence-corrected chi connectivity index (χ0v) is 10.9. The van der Waals surface area contributed by atoms with Gasteiger partial charge in [0.05, 0.1) is 0 Å². The molecule has 4 unspecified atom stereocenters. The first-order valence-corrected chi connectivity index (χ1v) is 6.21. The zero-order valence-electron chi connectivity index (χ0n) is 10.9. The van der Waals surface area contributed by atoms with Gasteiger partial charge in [0.25, 0.3) is 0 Å². The summed E-state index contributed by atoms with van der Waals surface area (Å²) < 4.78 is 0. The molecule has 0 nitrogen and oxygen atoms in total. The van der Waals surface area contributed by atoms with Crippen molar-refractivity contribution < 1.29 is 0 Å². The Morgan fingerprint density at radius 1 is 0.800 bits per heavy atom. The van der Waals surface area contributed by atoms with Crippen LogP contribution in [0.3, 0.4) is 0 Å². The average molecular weight is 203 g/mol. The van der Waals surface area contributed by atoms with Gasteiger partial charge in [-0.05, 0) is 36.2 Å². The second-order valence-corrected chi connectivity index (χ2v) is 5.63. The van der Waals surface area contributed by atoms with Crippen LogP contribution in [0.4, 0.5) is 0 Å². The van der Waals surface area contributed by atoms with E-state index in [2.05, 4.69) is 47.6 Å². The fourth-order valence-electron chi connectivity index (χ4n) is 3.55. The molecule has 83 valence electrons. The second kappa shape index (κ2) is 3.50. The Labute approximate surface area is 94.5 Å². The van der Waals surface area contributed by atoms with Gasteiger partial charge in [-0.2, -0.15) is 0 Å². The summed E-state index contributed by atoms with van der Waals surface area (Å²) in [7, 11) is 0. The van der Waals surface area contributed by atoms with Crippen LogP contribution in [0.25, 0.3) is 0 Å². The first-order chi connectivity index (χ1) is 6.95. The van der Waals surface area contributed by atoms with Crippen LogP contribution in [-0.2, 0) is 0 Å². The van der Waals surface area contributed by atoms with Gasteiger partial charge in [0.2, 0.25) is 0 Å². The summed E-state index contributed by atoms with van der Waals surface area (Å²) in [4.78, 5) is 0. The van der Waals surface area contributed by atoms with E-state index in [1.807, 2.05) is 0 Å². The van der Waals surface area contributed by atoms with E-state index in [0.717, 1.165) is 23.7 Å². The van der Waals surface area contributed by atoms with E-state index in [4.69, 9.17) is 0 Å². The number of allylic oxidation sites excluding steroid dienone is 4. The van der Waals surface area contributed by atoms with Gasteiger partial charge in [0.15, 0.2) is 0 Å². The lowest BCUT2D eigenvalue weighted by Gasteiger charge is -2.40. The van der Waals surface area contributed by atoms with Crippen LogP contribution in [0.15, 0.2) is 22.8 Å².